The minimum Gasteiger partial charge on any atom is -0.361 e. The molecule has 1 rings (SSSR count). The topological polar surface area (TPSA) is 55.1 Å². The summed E-state index contributed by atoms with van der Waals surface area (Å²) < 4.78 is 5.08. The molecule has 0 saturated carbocycles. The van der Waals surface area contributed by atoms with Crippen molar-refractivity contribution in [2.75, 3.05) is 0 Å². The monoisotopic (exact) mass is 220 g/mol. The molecule has 0 spiro atoms. The number of hydrogen-bond acceptors (Lipinski definition) is 3. The molecular formula is C12H16N2O2. The van der Waals surface area contributed by atoms with E-state index in [2.05, 4.69) is 22.3 Å². The van der Waals surface area contributed by atoms with Crippen LogP contribution in [0.3, 0.4) is 0 Å². The van der Waals surface area contributed by atoms with Gasteiger partial charge in [0, 0.05) is 5.56 Å². The van der Waals surface area contributed by atoms with E-state index in [1.54, 1.807) is 6.92 Å². The van der Waals surface area contributed by atoms with E-state index >= 15 is 0 Å². The second-order valence-corrected chi connectivity index (χ2v) is 3.55. The second kappa shape index (κ2) is 5.36. The molecule has 0 aliphatic heterocycles. The molecule has 0 aliphatic rings. The van der Waals surface area contributed by atoms with Gasteiger partial charge in [-0.15, -0.1) is 0 Å². The molecule has 86 valence electrons. The number of nitrogens with zero attached hydrogens (tertiary/aromatic N) is 1. The average Bonchev–Trinajstić information content (AvgIpc) is 2.56. The van der Waals surface area contributed by atoms with Crippen molar-refractivity contribution in [2.24, 2.45) is 0 Å². The Morgan fingerprint density at radius 2 is 2.25 bits per heavy atom. The Morgan fingerprint density at radius 3 is 2.69 bits per heavy atom. The van der Waals surface area contributed by atoms with Gasteiger partial charge in [-0.2, -0.15) is 0 Å². The third-order valence-corrected chi connectivity index (χ3v) is 2.39. The fraction of sp³-hybridized carbons (Fsp3) is 0.500. The summed E-state index contributed by atoms with van der Waals surface area (Å²) in [5.41, 5.74) is 1.77. The number of rotatable bonds is 3. The third kappa shape index (κ3) is 2.63. The first-order valence-corrected chi connectivity index (χ1v) is 5.26. The molecule has 0 aromatic carbocycles. The molecule has 1 unspecified atom stereocenters. The third-order valence-electron chi connectivity index (χ3n) is 2.39. The van der Waals surface area contributed by atoms with Gasteiger partial charge in [-0.3, -0.25) is 4.79 Å². The summed E-state index contributed by atoms with van der Waals surface area (Å²) in [6, 6.07) is -0.0837. The highest BCUT2D eigenvalue weighted by molar-refractivity contribution is 5.93. The lowest BCUT2D eigenvalue weighted by Gasteiger charge is -2.14. The summed E-state index contributed by atoms with van der Waals surface area (Å²) >= 11 is 0. The van der Waals surface area contributed by atoms with Crippen LogP contribution < -0.4 is 5.32 Å². The van der Waals surface area contributed by atoms with Gasteiger partial charge in [0.15, 0.2) is 0 Å². The van der Waals surface area contributed by atoms with E-state index < -0.39 is 0 Å². The molecule has 0 bridgehead atoms. The molecule has 4 nitrogen and oxygen atoms in total. The van der Waals surface area contributed by atoms with Gasteiger partial charge in [0.2, 0.25) is 0 Å². The van der Waals surface area contributed by atoms with Crippen LogP contribution in [0.25, 0.3) is 0 Å². The van der Waals surface area contributed by atoms with Crippen molar-refractivity contribution in [3.63, 3.8) is 0 Å². The molecule has 16 heavy (non-hydrogen) atoms. The number of aromatic nitrogens is 1. The zero-order valence-electron chi connectivity index (χ0n) is 10.0. The maximum atomic E-state index is 11.4. The molecular weight excluding hydrogens is 204 g/mol. The van der Waals surface area contributed by atoms with Gasteiger partial charge in [-0.05, 0) is 33.1 Å². The van der Waals surface area contributed by atoms with Gasteiger partial charge < -0.3 is 9.84 Å². The number of carbonyl (C=O) groups excluding carboxylic acids is 1. The molecule has 0 radical (unpaired) electrons. The minimum absolute atomic E-state index is 0.0837. The Morgan fingerprint density at radius 1 is 1.56 bits per heavy atom. The van der Waals surface area contributed by atoms with Crippen molar-refractivity contribution in [3.8, 4) is 11.8 Å². The van der Waals surface area contributed by atoms with Gasteiger partial charge >= 0.3 is 0 Å². The Bertz CT molecular complexity index is 418. The summed E-state index contributed by atoms with van der Waals surface area (Å²) in [5, 5.41) is 6.72. The van der Waals surface area contributed by atoms with Crippen LogP contribution in [0.1, 0.15) is 43.3 Å². The summed E-state index contributed by atoms with van der Waals surface area (Å²) in [6.07, 6.45) is 0.778. The number of amides is 1. The maximum Gasteiger partial charge on any atom is 0.296 e. The van der Waals surface area contributed by atoms with Crippen LogP contribution >= 0.6 is 0 Å². The van der Waals surface area contributed by atoms with Crippen molar-refractivity contribution in [2.45, 2.75) is 40.2 Å². The Labute approximate surface area is 95.4 Å². The first kappa shape index (κ1) is 12.3. The number of carbonyl (C=O) groups is 1. The SMILES string of the molecule is CC#CC(=O)NC(CC)c1c(C)noc1C. The van der Waals surface area contributed by atoms with E-state index in [1.165, 1.54) is 0 Å². The van der Waals surface area contributed by atoms with Crippen LogP contribution in [-0.4, -0.2) is 11.1 Å². The quantitative estimate of drug-likeness (QED) is 0.791. The largest absolute Gasteiger partial charge is 0.361 e. The number of aryl methyl sites for hydroxylation is 2. The van der Waals surface area contributed by atoms with Crippen LogP contribution in [0.4, 0.5) is 0 Å². The number of hydrogen-bond donors (Lipinski definition) is 1. The maximum absolute atomic E-state index is 11.4. The molecule has 0 aliphatic carbocycles. The van der Waals surface area contributed by atoms with E-state index in [9.17, 15) is 4.79 Å². The molecule has 1 amide bonds. The first-order chi connectivity index (χ1) is 7.60. The molecule has 1 aromatic rings. The predicted octanol–water partition coefficient (Wildman–Crippen LogP) is 1.88. The highest BCUT2D eigenvalue weighted by Gasteiger charge is 2.19. The van der Waals surface area contributed by atoms with Gasteiger partial charge in [0.1, 0.15) is 5.76 Å². The van der Waals surface area contributed by atoms with Gasteiger partial charge in [0.05, 0.1) is 11.7 Å². The van der Waals surface area contributed by atoms with E-state index in [4.69, 9.17) is 4.52 Å². The van der Waals surface area contributed by atoms with E-state index in [-0.39, 0.29) is 11.9 Å². The molecule has 0 saturated heterocycles. The molecule has 0 fully saturated rings. The van der Waals surface area contributed by atoms with Crippen molar-refractivity contribution in [3.05, 3.63) is 17.0 Å². The Balaban J connectivity index is 2.89. The lowest BCUT2D eigenvalue weighted by Crippen LogP contribution is -2.27. The van der Waals surface area contributed by atoms with E-state index in [0.717, 1.165) is 23.4 Å². The lowest BCUT2D eigenvalue weighted by atomic mass is 10.0. The molecule has 1 atom stereocenters. The second-order valence-electron chi connectivity index (χ2n) is 3.55. The zero-order valence-corrected chi connectivity index (χ0v) is 10.0. The molecule has 1 N–H and O–H groups in total. The summed E-state index contributed by atoms with van der Waals surface area (Å²) in [6.45, 7) is 7.34. The standard InChI is InChI=1S/C12H16N2O2/c1-5-7-11(15)13-10(6-2)12-8(3)14-16-9(12)4/h10H,6H2,1-4H3,(H,13,15). The van der Waals surface area contributed by atoms with Crippen LogP contribution in [-0.2, 0) is 4.79 Å². The van der Waals surface area contributed by atoms with Gasteiger partial charge in [-0.1, -0.05) is 18.0 Å². The highest BCUT2D eigenvalue weighted by atomic mass is 16.5. The highest BCUT2D eigenvalue weighted by Crippen LogP contribution is 2.23. The zero-order chi connectivity index (χ0) is 12.1. The van der Waals surface area contributed by atoms with Crippen molar-refractivity contribution >= 4 is 5.91 Å². The van der Waals surface area contributed by atoms with Crippen LogP contribution in [0.5, 0.6) is 0 Å². The Kier molecular flexibility index (Phi) is 4.12. The van der Waals surface area contributed by atoms with Gasteiger partial charge in [-0.25, -0.2) is 0 Å². The average molecular weight is 220 g/mol. The summed E-state index contributed by atoms with van der Waals surface area (Å²) in [5.74, 6) is 5.51. The van der Waals surface area contributed by atoms with Crippen LogP contribution in [0.15, 0.2) is 4.52 Å². The van der Waals surface area contributed by atoms with Crippen LogP contribution in [0.2, 0.25) is 0 Å². The molecule has 1 heterocycles. The van der Waals surface area contributed by atoms with Gasteiger partial charge in [0.25, 0.3) is 5.91 Å². The summed E-state index contributed by atoms with van der Waals surface area (Å²) in [7, 11) is 0. The van der Waals surface area contributed by atoms with Crippen LogP contribution in [0, 0.1) is 25.7 Å². The fourth-order valence-corrected chi connectivity index (χ4v) is 1.67. The summed E-state index contributed by atoms with van der Waals surface area (Å²) in [4.78, 5) is 11.4. The number of nitrogens with one attached hydrogen (secondary N) is 1. The van der Waals surface area contributed by atoms with E-state index in [0.29, 0.717) is 0 Å². The molecule has 4 heteroatoms. The van der Waals surface area contributed by atoms with E-state index in [1.807, 2.05) is 20.8 Å². The normalized spacial score (nSPS) is 11.5. The van der Waals surface area contributed by atoms with Crippen molar-refractivity contribution in [1.82, 2.24) is 10.5 Å². The Hall–Kier alpha value is -1.76. The minimum atomic E-state index is -0.269. The fourth-order valence-electron chi connectivity index (χ4n) is 1.67. The lowest BCUT2D eigenvalue weighted by molar-refractivity contribution is -0.116. The molecule has 1 aromatic heterocycles. The van der Waals surface area contributed by atoms with Crippen molar-refractivity contribution in [1.29, 1.82) is 0 Å². The smallest absolute Gasteiger partial charge is 0.296 e. The predicted molar refractivity (Wildman–Crippen MR) is 60.6 cm³/mol. The first-order valence-electron chi connectivity index (χ1n) is 5.26. The van der Waals surface area contributed by atoms with Crippen molar-refractivity contribution < 1.29 is 9.32 Å².